The Morgan fingerprint density at radius 2 is 1.65 bits per heavy atom. The van der Waals surface area contributed by atoms with Gasteiger partial charge in [0.05, 0.1) is 4.90 Å². The number of halogens is 4. The molecule has 0 saturated carbocycles. The normalized spacial score (nSPS) is 12.8. The summed E-state index contributed by atoms with van der Waals surface area (Å²) in [4.78, 5) is 39.0. The number of aliphatic carboxylic acids is 1. The number of guanidine groups is 1. The molecule has 0 aliphatic rings. The van der Waals surface area contributed by atoms with Crippen LogP contribution >= 0.6 is 22.6 Å². The summed E-state index contributed by atoms with van der Waals surface area (Å²) in [5, 5.41) is 10.5. The Kier molecular flexibility index (Phi) is 10.7. The van der Waals surface area contributed by atoms with Crippen LogP contribution in [0.2, 0.25) is 0 Å². The van der Waals surface area contributed by atoms with Gasteiger partial charge in [0, 0.05) is 9.26 Å². The molecule has 2 unspecified atom stereocenters. The van der Waals surface area contributed by atoms with Crippen molar-refractivity contribution in [3.63, 3.8) is 0 Å². The number of hydrogen-bond acceptors (Lipinski definition) is 7. The lowest BCUT2D eigenvalue weighted by Crippen LogP contribution is -2.42. The lowest BCUT2D eigenvalue weighted by atomic mass is 10.1. The van der Waals surface area contributed by atoms with Gasteiger partial charge in [-0.1, -0.05) is 0 Å². The zero-order chi connectivity index (χ0) is 28.7. The fourth-order valence-electron chi connectivity index (χ4n) is 2.66. The van der Waals surface area contributed by atoms with E-state index in [1.54, 1.807) is 19.1 Å². The molecule has 37 heavy (non-hydrogen) atoms. The van der Waals surface area contributed by atoms with Gasteiger partial charge in [0.25, 0.3) is 15.6 Å². The van der Waals surface area contributed by atoms with E-state index >= 15 is 0 Å². The summed E-state index contributed by atoms with van der Waals surface area (Å²) in [6, 6.07) is 7.53. The number of hydrogen-bond donors (Lipinski definition) is 5. The first-order valence-electron chi connectivity index (χ1n) is 9.73. The number of rotatable bonds is 8. The van der Waals surface area contributed by atoms with Crippen molar-refractivity contribution in [1.29, 1.82) is 0 Å². The number of benzene rings is 1. The molecule has 0 radical (unpaired) electrons. The van der Waals surface area contributed by atoms with E-state index < -0.39 is 45.8 Å². The molecule has 13 nitrogen and oxygen atoms in total. The molecular weight excluding hydrogens is 640 g/mol. The highest BCUT2D eigenvalue weighted by molar-refractivity contribution is 14.1. The Morgan fingerprint density at radius 3 is 2.08 bits per heavy atom. The molecule has 0 aliphatic heterocycles. The second-order valence-electron chi connectivity index (χ2n) is 7.10. The molecule has 2 atom stereocenters. The maximum absolute atomic E-state index is 13.0. The van der Waals surface area contributed by atoms with Crippen LogP contribution in [0.4, 0.5) is 18.9 Å². The van der Waals surface area contributed by atoms with Gasteiger partial charge in [-0.15, -0.1) is 0 Å². The average molecular weight is 662 g/mol. The lowest BCUT2D eigenvalue weighted by molar-refractivity contribution is -0.192. The molecule has 0 spiro atoms. The molecule has 1 heterocycles. The van der Waals surface area contributed by atoms with Gasteiger partial charge in [0.2, 0.25) is 11.9 Å². The molecule has 1 aromatic heterocycles. The first kappa shape index (κ1) is 31.5. The van der Waals surface area contributed by atoms with Crippen LogP contribution in [0, 0.1) is 10.5 Å². The summed E-state index contributed by atoms with van der Waals surface area (Å²) in [6.45, 7) is 3.00. The fraction of sp³-hybridized carbons (Fsp3) is 0.263. The van der Waals surface area contributed by atoms with Gasteiger partial charge in [0.1, 0.15) is 5.69 Å². The number of sulfonamides is 1. The molecule has 2 aromatic rings. The SMILES string of the molecule is Cc1ccc(NS(=O)(=O)c2ccc(I)cc2)c(=O)n1C(C(N)=O)C(C)ON=C(N)N.O=C(O)C(F)(F)F. The van der Waals surface area contributed by atoms with Crippen LogP contribution in [0.25, 0.3) is 0 Å². The number of carboxylic acids is 1. The molecule has 0 bridgehead atoms. The number of nitrogens with zero attached hydrogens (tertiary/aromatic N) is 2. The minimum atomic E-state index is -5.08. The summed E-state index contributed by atoms with van der Waals surface area (Å²) in [6.07, 6.45) is -6.11. The quantitative estimate of drug-likeness (QED) is 0.117. The first-order chi connectivity index (χ1) is 16.9. The van der Waals surface area contributed by atoms with Crippen LogP contribution < -0.4 is 27.5 Å². The first-order valence-corrected chi connectivity index (χ1v) is 12.3. The van der Waals surface area contributed by atoms with E-state index in [1.165, 1.54) is 31.2 Å². The Labute approximate surface area is 221 Å². The summed E-state index contributed by atoms with van der Waals surface area (Å²) in [5.74, 6) is -4.03. The van der Waals surface area contributed by atoms with E-state index in [9.17, 15) is 31.2 Å². The maximum atomic E-state index is 13.0. The third kappa shape index (κ3) is 9.12. The lowest BCUT2D eigenvalue weighted by Gasteiger charge is -2.24. The zero-order valence-corrected chi connectivity index (χ0v) is 22.0. The molecule has 204 valence electrons. The third-order valence-electron chi connectivity index (χ3n) is 4.27. The van der Waals surface area contributed by atoms with Crippen molar-refractivity contribution in [3.8, 4) is 0 Å². The number of amides is 1. The van der Waals surface area contributed by atoms with Crippen molar-refractivity contribution in [2.45, 2.75) is 37.1 Å². The largest absolute Gasteiger partial charge is 0.490 e. The van der Waals surface area contributed by atoms with Crippen molar-refractivity contribution in [2.75, 3.05) is 4.72 Å². The van der Waals surface area contributed by atoms with Crippen molar-refractivity contribution >= 4 is 56.1 Å². The smallest absolute Gasteiger partial charge is 0.475 e. The molecule has 0 saturated heterocycles. The molecule has 18 heteroatoms. The molecule has 1 amide bonds. The number of aromatic nitrogens is 1. The molecule has 0 aliphatic carbocycles. The van der Waals surface area contributed by atoms with Gasteiger partial charge in [-0.05, 0) is 78.0 Å². The van der Waals surface area contributed by atoms with E-state index in [4.69, 9.17) is 31.9 Å². The van der Waals surface area contributed by atoms with Gasteiger partial charge in [0.15, 0.2) is 12.1 Å². The van der Waals surface area contributed by atoms with Crippen LogP contribution in [-0.2, 0) is 24.4 Å². The van der Waals surface area contributed by atoms with E-state index in [0.29, 0.717) is 5.69 Å². The summed E-state index contributed by atoms with van der Waals surface area (Å²) >= 11 is 2.04. The van der Waals surface area contributed by atoms with Gasteiger partial charge in [-0.25, -0.2) is 13.2 Å². The highest BCUT2D eigenvalue weighted by atomic mass is 127. The Balaban J connectivity index is 0.000000856. The number of oxime groups is 1. The van der Waals surface area contributed by atoms with Crippen molar-refractivity contribution in [2.24, 2.45) is 22.4 Å². The molecule has 8 N–H and O–H groups in total. The zero-order valence-electron chi connectivity index (χ0n) is 19.1. The van der Waals surface area contributed by atoms with Crippen LogP contribution in [0.1, 0.15) is 18.7 Å². The predicted octanol–water partition coefficient (Wildman–Crippen LogP) is 0.815. The number of anilines is 1. The Bertz CT molecular complexity index is 1330. The van der Waals surface area contributed by atoms with Crippen LogP contribution in [0.5, 0.6) is 0 Å². The van der Waals surface area contributed by atoms with Crippen molar-refractivity contribution in [1.82, 2.24) is 4.57 Å². The van der Waals surface area contributed by atoms with Gasteiger partial charge in [-0.2, -0.15) is 13.2 Å². The number of carbonyl (C=O) groups excluding carboxylic acids is 1. The standard InChI is InChI=1S/C17H21IN6O5S.C2HF3O2/c1-9-3-8-13(23-30(27,28)12-6-4-11(18)5-7-12)16(26)24(9)14(15(19)25)10(2)29-22-17(20)21;3-2(4,5)1(6)7/h3-8,10,14,23H,1-2H3,(H2,19,25)(H4,20,21,22);(H,6,7). The minimum absolute atomic E-state index is 0.0228. The average Bonchev–Trinajstić information content (AvgIpc) is 2.76. The molecular formula is C19H22F3IN6O7S. The number of pyridine rings is 1. The van der Waals surface area contributed by atoms with E-state index in [1.807, 2.05) is 22.6 Å². The summed E-state index contributed by atoms with van der Waals surface area (Å²) in [7, 11) is -4.04. The predicted molar refractivity (Wildman–Crippen MR) is 134 cm³/mol. The highest BCUT2D eigenvalue weighted by Gasteiger charge is 2.38. The van der Waals surface area contributed by atoms with Gasteiger partial charge in [-0.3, -0.25) is 18.9 Å². The highest BCUT2D eigenvalue weighted by Crippen LogP contribution is 2.19. The number of primary amides is 1. The van der Waals surface area contributed by atoms with Crippen molar-refractivity contribution < 1.29 is 41.1 Å². The number of alkyl halides is 3. The number of nitrogens with one attached hydrogen (secondary N) is 1. The minimum Gasteiger partial charge on any atom is -0.475 e. The fourth-order valence-corrected chi connectivity index (χ4v) is 4.07. The topological polar surface area (TPSA) is 222 Å². The summed E-state index contributed by atoms with van der Waals surface area (Å²) in [5.41, 5.74) is 15.2. The molecule has 0 fully saturated rings. The van der Waals surface area contributed by atoms with Crippen LogP contribution in [-0.4, -0.2) is 48.2 Å². The second-order valence-corrected chi connectivity index (χ2v) is 10.0. The van der Waals surface area contributed by atoms with Crippen molar-refractivity contribution in [3.05, 3.63) is 56.0 Å². The van der Waals surface area contributed by atoms with Gasteiger partial charge >= 0.3 is 12.1 Å². The molecule has 1 aromatic carbocycles. The summed E-state index contributed by atoms with van der Waals surface area (Å²) < 4.78 is 61.2. The van der Waals surface area contributed by atoms with Crippen LogP contribution in [0.3, 0.4) is 0 Å². The second kappa shape index (κ2) is 12.6. The third-order valence-corrected chi connectivity index (χ3v) is 6.37. The van der Waals surface area contributed by atoms with E-state index in [0.717, 1.165) is 8.14 Å². The van der Waals surface area contributed by atoms with Crippen LogP contribution in [0.15, 0.2) is 51.2 Å². The van der Waals surface area contributed by atoms with Gasteiger partial charge < -0.3 is 27.1 Å². The monoisotopic (exact) mass is 662 g/mol. The number of nitrogens with two attached hydrogens (primary N) is 3. The maximum Gasteiger partial charge on any atom is 0.490 e. The van der Waals surface area contributed by atoms with E-state index in [2.05, 4.69) is 9.88 Å². The number of carbonyl (C=O) groups is 2. The number of aryl methyl sites for hydroxylation is 1. The Hall–Kier alpha value is -3.55. The molecule has 2 rings (SSSR count). The number of carboxylic acid groups (broad SMARTS) is 1. The van der Waals surface area contributed by atoms with E-state index in [-0.39, 0.29) is 16.5 Å². The Morgan fingerprint density at radius 1 is 1.14 bits per heavy atom.